The van der Waals surface area contributed by atoms with Gasteiger partial charge >= 0.3 is 5.97 Å². The molecule has 4 heteroatoms. The van der Waals surface area contributed by atoms with Gasteiger partial charge in [-0.05, 0) is 36.5 Å². The highest BCUT2D eigenvalue weighted by Gasteiger charge is 2.41. The van der Waals surface area contributed by atoms with Crippen LogP contribution in [0.2, 0.25) is 0 Å². The van der Waals surface area contributed by atoms with Crippen LogP contribution in [-0.4, -0.2) is 23.2 Å². The van der Waals surface area contributed by atoms with E-state index in [0.29, 0.717) is 6.61 Å². The first-order valence-electron chi connectivity index (χ1n) is 10.3. The van der Waals surface area contributed by atoms with Crippen molar-refractivity contribution in [3.63, 3.8) is 0 Å². The third-order valence-corrected chi connectivity index (χ3v) is 6.32. The molecule has 0 saturated heterocycles. The number of carbonyl (C=O) groups excluding carboxylic acids is 1. The maximum Gasteiger partial charge on any atom is 0.323 e. The Bertz CT molecular complexity index is 1040. The van der Waals surface area contributed by atoms with E-state index in [1.807, 2.05) is 13.0 Å². The molecule has 4 nitrogen and oxygen atoms in total. The number of para-hydroxylation sites is 1. The van der Waals surface area contributed by atoms with E-state index in [-0.39, 0.29) is 24.0 Å². The molecule has 0 spiro atoms. The fraction of sp³-hybridized carbons (Fsp3) is 0.375. The van der Waals surface area contributed by atoms with E-state index in [0.717, 1.165) is 19.4 Å². The van der Waals surface area contributed by atoms with E-state index in [4.69, 9.17) is 4.74 Å². The zero-order chi connectivity index (χ0) is 19.3. The van der Waals surface area contributed by atoms with E-state index < -0.39 is 0 Å². The van der Waals surface area contributed by atoms with Crippen molar-refractivity contribution >= 4 is 16.9 Å². The van der Waals surface area contributed by atoms with Crippen molar-refractivity contribution in [1.29, 1.82) is 0 Å². The minimum absolute atomic E-state index is 0.0137. The van der Waals surface area contributed by atoms with Crippen LogP contribution in [0.4, 0.5) is 0 Å². The standard InChI is InChI=1S/C24H26N2O2/c1-3-28-24(27)20-15(2)19-18-13-7-11-17-12-8-14-26(22(17)18)23(19)21(25-20)16-9-5-4-6-10-16/h4-7,9-11,13,15,20-21,25H,3,8,12,14H2,1-2H3. The fourth-order valence-electron chi connectivity index (χ4n) is 5.16. The quantitative estimate of drug-likeness (QED) is 0.695. The van der Waals surface area contributed by atoms with Gasteiger partial charge in [-0.3, -0.25) is 10.1 Å². The van der Waals surface area contributed by atoms with Crippen LogP contribution in [0.5, 0.6) is 0 Å². The second kappa shape index (κ2) is 6.78. The maximum atomic E-state index is 12.8. The smallest absolute Gasteiger partial charge is 0.323 e. The zero-order valence-electron chi connectivity index (χ0n) is 16.4. The van der Waals surface area contributed by atoms with Crippen molar-refractivity contribution in [2.45, 2.75) is 51.2 Å². The number of hydrogen-bond donors (Lipinski definition) is 1. The Morgan fingerprint density at radius 1 is 1.18 bits per heavy atom. The molecule has 3 unspecified atom stereocenters. The van der Waals surface area contributed by atoms with Gasteiger partial charge in [-0.2, -0.15) is 0 Å². The molecule has 2 aromatic carbocycles. The summed E-state index contributed by atoms with van der Waals surface area (Å²) in [4.78, 5) is 12.8. The molecule has 1 N–H and O–H groups in total. The SMILES string of the molecule is CCOC(=O)C1NC(c2ccccc2)c2c(c3cccc4c3n2CCC4)C1C. The monoisotopic (exact) mass is 374 g/mol. The minimum atomic E-state index is -0.346. The van der Waals surface area contributed by atoms with Gasteiger partial charge in [-0.15, -0.1) is 0 Å². The van der Waals surface area contributed by atoms with Crippen LogP contribution in [0.25, 0.3) is 10.9 Å². The van der Waals surface area contributed by atoms with E-state index in [9.17, 15) is 4.79 Å². The topological polar surface area (TPSA) is 43.3 Å². The number of nitrogens with one attached hydrogen (secondary N) is 1. The summed E-state index contributed by atoms with van der Waals surface area (Å²) < 4.78 is 7.93. The summed E-state index contributed by atoms with van der Waals surface area (Å²) in [6.07, 6.45) is 2.28. The van der Waals surface area contributed by atoms with Crippen LogP contribution < -0.4 is 5.32 Å². The molecule has 0 aliphatic carbocycles. The summed E-state index contributed by atoms with van der Waals surface area (Å²) in [5.74, 6) is -0.0976. The van der Waals surface area contributed by atoms with Gasteiger partial charge in [0.15, 0.2) is 0 Å². The van der Waals surface area contributed by atoms with E-state index >= 15 is 0 Å². The zero-order valence-corrected chi connectivity index (χ0v) is 16.4. The van der Waals surface area contributed by atoms with Gasteiger partial charge in [0, 0.05) is 23.5 Å². The lowest BCUT2D eigenvalue weighted by molar-refractivity contribution is -0.146. The van der Waals surface area contributed by atoms with Crippen molar-refractivity contribution in [1.82, 2.24) is 9.88 Å². The predicted octanol–water partition coefficient (Wildman–Crippen LogP) is 4.32. The van der Waals surface area contributed by atoms with Gasteiger partial charge in [0.2, 0.25) is 0 Å². The Morgan fingerprint density at radius 2 is 2.00 bits per heavy atom. The molecule has 28 heavy (non-hydrogen) atoms. The molecular weight excluding hydrogens is 348 g/mol. The highest BCUT2D eigenvalue weighted by molar-refractivity contribution is 5.91. The second-order valence-corrected chi connectivity index (χ2v) is 7.90. The first-order valence-corrected chi connectivity index (χ1v) is 10.3. The molecule has 0 bridgehead atoms. The summed E-state index contributed by atoms with van der Waals surface area (Å²) in [5.41, 5.74) is 6.60. The van der Waals surface area contributed by atoms with Gasteiger partial charge in [0.1, 0.15) is 6.04 Å². The second-order valence-electron chi connectivity index (χ2n) is 7.90. The third-order valence-electron chi connectivity index (χ3n) is 6.32. The van der Waals surface area contributed by atoms with Gasteiger partial charge in [0.25, 0.3) is 0 Å². The van der Waals surface area contributed by atoms with Crippen molar-refractivity contribution in [3.05, 3.63) is 70.9 Å². The van der Waals surface area contributed by atoms with E-state index in [1.165, 1.54) is 33.3 Å². The molecule has 0 saturated carbocycles. The van der Waals surface area contributed by atoms with Gasteiger partial charge in [-0.1, -0.05) is 55.5 Å². The molecule has 1 aromatic heterocycles. The lowest BCUT2D eigenvalue weighted by Gasteiger charge is -2.36. The minimum Gasteiger partial charge on any atom is -0.465 e. The first kappa shape index (κ1) is 17.5. The largest absolute Gasteiger partial charge is 0.465 e. The van der Waals surface area contributed by atoms with Crippen LogP contribution in [0.1, 0.15) is 54.6 Å². The molecule has 0 radical (unpaired) electrons. The highest BCUT2D eigenvalue weighted by atomic mass is 16.5. The molecule has 2 aliphatic heterocycles. The van der Waals surface area contributed by atoms with Crippen LogP contribution in [0.15, 0.2) is 48.5 Å². The van der Waals surface area contributed by atoms with E-state index in [2.05, 4.69) is 59.3 Å². The number of carbonyl (C=O) groups is 1. The van der Waals surface area contributed by atoms with Gasteiger partial charge < -0.3 is 9.30 Å². The summed E-state index contributed by atoms with van der Waals surface area (Å²) in [6, 6.07) is 16.8. The number of rotatable bonds is 3. The molecule has 3 atom stereocenters. The fourth-order valence-corrected chi connectivity index (χ4v) is 5.16. The molecular formula is C24H26N2O2. The molecule has 2 aliphatic rings. The number of esters is 1. The molecule has 5 rings (SSSR count). The molecule has 0 fully saturated rings. The van der Waals surface area contributed by atoms with Crippen LogP contribution >= 0.6 is 0 Å². The molecule has 3 aromatic rings. The predicted molar refractivity (Wildman–Crippen MR) is 111 cm³/mol. The number of aromatic nitrogens is 1. The maximum absolute atomic E-state index is 12.8. The Morgan fingerprint density at radius 3 is 2.79 bits per heavy atom. The van der Waals surface area contributed by atoms with Crippen molar-refractivity contribution in [2.75, 3.05) is 6.61 Å². The molecule has 144 valence electrons. The summed E-state index contributed by atoms with van der Waals surface area (Å²) >= 11 is 0. The molecule has 3 heterocycles. The van der Waals surface area contributed by atoms with Crippen LogP contribution in [0.3, 0.4) is 0 Å². The van der Waals surface area contributed by atoms with Crippen LogP contribution in [0, 0.1) is 0 Å². The normalized spacial score (nSPS) is 23.4. The Kier molecular flexibility index (Phi) is 4.24. The lowest BCUT2D eigenvalue weighted by atomic mass is 9.82. The number of benzene rings is 2. The number of hydrogen-bond acceptors (Lipinski definition) is 3. The number of fused-ring (bicyclic) bond motifs is 3. The highest BCUT2D eigenvalue weighted by Crippen LogP contribution is 2.45. The Balaban J connectivity index is 1.77. The average molecular weight is 374 g/mol. The van der Waals surface area contributed by atoms with E-state index in [1.54, 1.807) is 0 Å². The van der Waals surface area contributed by atoms with Crippen molar-refractivity contribution in [3.8, 4) is 0 Å². The lowest BCUT2D eigenvalue weighted by Crippen LogP contribution is -2.48. The first-order chi connectivity index (χ1) is 13.7. The van der Waals surface area contributed by atoms with Gasteiger partial charge in [-0.25, -0.2) is 0 Å². The number of nitrogens with zero attached hydrogens (tertiary/aromatic N) is 1. The Labute approximate surface area is 165 Å². The van der Waals surface area contributed by atoms with Crippen LogP contribution in [-0.2, 0) is 22.5 Å². The summed E-state index contributed by atoms with van der Waals surface area (Å²) in [7, 11) is 0. The summed E-state index contributed by atoms with van der Waals surface area (Å²) in [5, 5.41) is 4.95. The van der Waals surface area contributed by atoms with Crippen molar-refractivity contribution < 1.29 is 9.53 Å². The summed E-state index contributed by atoms with van der Waals surface area (Å²) in [6.45, 7) is 5.46. The Hall–Kier alpha value is -2.59. The average Bonchev–Trinajstić information content (AvgIpc) is 3.07. The molecule has 0 amide bonds. The number of aryl methyl sites for hydroxylation is 2. The number of ether oxygens (including phenoxy) is 1. The van der Waals surface area contributed by atoms with Gasteiger partial charge in [0.05, 0.1) is 18.2 Å². The third kappa shape index (κ3) is 2.51. The van der Waals surface area contributed by atoms with Crippen molar-refractivity contribution in [2.24, 2.45) is 0 Å².